The standard InChI is InChI=1S/C17H13NO4S2/c19-16-15(23-17(20)18-16)9-11-4-3-6-12(8-11)14-7-2-1-5-13(14)10-24(21)22/h1-9H,10H2,(H,21,22)(H,18,19,20)/b15-9-. The second-order valence-corrected chi connectivity index (χ2v) is 7.05. The second kappa shape index (κ2) is 7.12. The average Bonchev–Trinajstić information content (AvgIpc) is 2.85. The Morgan fingerprint density at radius 1 is 1.12 bits per heavy atom. The largest absolute Gasteiger partial charge is 0.306 e. The Labute approximate surface area is 145 Å². The van der Waals surface area contributed by atoms with Crippen LogP contribution >= 0.6 is 11.8 Å². The molecule has 122 valence electrons. The molecule has 7 heteroatoms. The Bertz CT molecular complexity index is 876. The molecule has 0 bridgehead atoms. The fourth-order valence-corrected chi connectivity index (χ4v) is 3.63. The van der Waals surface area contributed by atoms with Gasteiger partial charge in [-0.15, -0.1) is 0 Å². The Morgan fingerprint density at radius 2 is 1.92 bits per heavy atom. The van der Waals surface area contributed by atoms with Gasteiger partial charge < -0.3 is 4.55 Å². The van der Waals surface area contributed by atoms with Gasteiger partial charge in [0.15, 0.2) is 11.1 Å². The lowest BCUT2D eigenvalue weighted by Crippen LogP contribution is -2.17. The smallest absolute Gasteiger partial charge is 0.290 e. The molecule has 0 radical (unpaired) electrons. The summed E-state index contributed by atoms with van der Waals surface area (Å²) in [5.74, 6) is -0.347. The molecule has 2 aromatic carbocycles. The number of rotatable bonds is 4. The fourth-order valence-electron chi connectivity index (χ4n) is 2.43. The molecule has 1 saturated heterocycles. The van der Waals surface area contributed by atoms with Crippen molar-refractivity contribution in [1.29, 1.82) is 0 Å². The van der Waals surface area contributed by atoms with Gasteiger partial charge in [-0.25, -0.2) is 4.21 Å². The van der Waals surface area contributed by atoms with Gasteiger partial charge >= 0.3 is 0 Å². The summed E-state index contributed by atoms with van der Waals surface area (Å²) in [6.07, 6.45) is 1.65. The molecule has 1 heterocycles. The topological polar surface area (TPSA) is 83.5 Å². The van der Waals surface area contributed by atoms with E-state index in [1.807, 2.05) is 48.5 Å². The van der Waals surface area contributed by atoms with E-state index in [1.54, 1.807) is 6.08 Å². The van der Waals surface area contributed by atoms with Gasteiger partial charge in [0.2, 0.25) is 0 Å². The molecule has 2 N–H and O–H groups in total. The Balaban J connectivity index is 1.97. The van der Waals surface area contributed by atoms with Gasteiger partial charge in [0.05, 0.1) is 10.7 Å². The van der Waals surface area contributed by atoms with Crippen molar-refractivity contribution in [2.45, 2.75) is 5.75 Å². The first-order valence-electron chi connectivity index (χ1n) is 7.03. The molecule has 5 nitrogen and oxygen atoms in total. The van der Waals surface area contributed by atoms with E-state index in [1.165, 1.54) is 0 Å². The molecule has 1 atom stereocenters. The van der Waals surface area contributed by atoms with Crippen molar-refractivity contribution in [2.75, 3.05) is 0 Å². The summed E-state index contributed by atoms with van der Waals surface area (Å²) in [5, 5.41) is 1.84. The van der Waals surface area contributed by atoms with Gasteiger partial charge in [0, 0.05) is 0 Å². The third kappa shape index (κ3) is 3.81. The molecular formula is C17H13NO4S2. The first-order chi connectivity index (χ1) is 11.5. The lowest BCUT2D eigenvalue weighted by molar-refractivity contribution is -0.115. The van der Waals surface area contributed by atoms with Crippen molar-refractivity contribution in [3.63, 3.8) is 0 Å². The number of hydrogen-bond acceptors (Lipinski definition) is 4. The minimum atomic E-state index is -1.92. The molecule has 1 fully saturated rings. The van der Waals surface area contributed by atoms with Crippen LogP contribution in [0.5, 0.6) is 0 Å². The van der Waals surface area contributed by atoms with Crippen molar-refractivity contribution in [2.24, 2.45) is 0 Å². The summed E-state index contributed by atoms with van der Waals surface area (Å²) in [5.41, 5.74) is 3.28. The van der Waals surface area contributed by atoms with Crippen LogP contribution in [0.1, 0.15) is 11.1 Å². The molecule has 24 heavy (non-hydrogen) atoms. The average molecular weight is 359 g/mol. The van der Waals surface area contributed by atoms with Crippen LogP contribution in [0.2, 0.25) is 0 Å². The molecule has 0 aromatic heterocycles. The number of carbonyl (C=O) groups excluding carboxylic acids is 2. The molecule has 1 aliphatic heterocycles. The highest BCUT2D eigenvalue weighted by Gasteiger charge is 2.24. The molecule has 0 saturated carbocycles. The van der Waals surface area contributed by atoms with E-state index in [2.05, 4.69) is 5.32 Å². The van der Waals surface area contributed by atoms with Crippen molar-refractivity contribution in [1.82, 2.24) is 5.32 Å². The van der Waals surface area contributed by atoms with Crippen LogP contribution in [0.4, 0.5) is 4.79 Å². The number of nitrogens with one attached hydrogen (secondary N) is 1. The summed E-state index contributed by atoms with van der Waals surface area (Å²) >= 11 is -1.05. The van der Waals surface area contributed by atoms with Crippen LogP contribution in [-0.2, 0) is 21.6 Å². The summed E-state index contributed by atoms with van der Waals surface area (Å²) in [6.45, 7) is 0. The third-order valence-electron chi connectivity index (χ3n) is 3.43. The van der Waals surface area contributed by atoms with Gasteiger partial charge in [-0.1, -0.05) is 42.5 Å². The summed E-state index contributed by atoms with van der Waals surface area (Å²) in [7, 11) is 0. The van der Waals surface area contributed by atoms with Crippen LogP contribution in [0.3, 0.4) is 0 Å². The minimum absolute atomic E-state index is 0.0499. The third-order valence-corrected chi connectivity index (χ3v) is 4.80. The summed E-state index contributed by atoms with van der Waals surface area (Å²) in [6, 6.07) is 14.8. The maximum Gasteiger partial charge on any atom is 0.290 e. The van der Waals surface area contributed by atoms with Gasteiger partial charge in [-0.05, 0) is 46.2 Å². The van der Waals surface area contributed by atoms with Gasteiger partial charge in [-0.2, -0.15) is 0 Å². The number of thioether (sulfide) groups is 1. The van der Waals surface area contributed by atoms with Gasteiger partial charge in [0.25, 0.3) is 11.1 Å². The number of imide groups is 1. The maximum atomic E-state index is 11.6. The number of hydrogen-bond donors (Lipinski definition) is 2. The van der Waals surface area contributed by atoms with Crippen LogP contribution < -0.4 is 5.32 Å². The Morgan fingerprint density at radius 3 is 2.62 bits per heavy atom. The predicted octanol–water partition coefficient (Wildman–Crippen LogP) is 3.40. The quantitative estimate of drug-likeness (QED) is 0.646. The zero-order valence-electron chi connectivity index (χ0n) is 12.4. The minimum Gasteiger partial charge on any atom is -0.306 e. The fraction of sp³-hybridized carbons (Fsp3) is 0.0588. The zero-order chi connectivity index (χ0) is 17.1. The van der Waals surface area contributed by atoms with Crippen LogP contribution in [0, 0.1) is 0 Å². The molecular weight excluding hydrogens is 346 g/mol. The van der Waals surface area contributed by atoms with Crippen LogP contribution in [-0.4, -0.2) is 19.9 Å². The normalized spacial score (nSPS) is 17.1. The molecule has 0 spiro atoms. The number of amides is 2. The van der Waals surface area contributed by atoms with E-state index in [9.17, 15) is 13.8 Å². The van der Waals surface area contributed by atoms with Gasteiger partial charge in [0.1, 0.15) is 0 Å². The van der Waals surface area contributed by atoms with Crippen molar-refractivity contribution in [3.8, 4) is 11.1 Å². The van der Waals surface area contributed by atoms with E-state index in [-0.39, 0.29) is 11.0 Å². The van der Waals surface area contributed by atoms with Crippen molar-refractivity contribution >= 4 is 40.1 Å². The molecule has 1 unspecified atom stereocenters. The molecule has 0 aliphatic carbocycles. The number of carbonyl (C=O) groups is 2. The molecule has 1 aliphatic rings. The molecule has 2 aromatic rings. The van der Waals surface area contributed by atoms with E-state index < -0.39 is 17.0 Å². The highest BCUT2D eigenvalue weighted by atomic mass is 32.2. The first kappa shape index (κ1) is 16.6. The molecule has 3 rings (SSSR count). The molecule has 2 amide bonds. The van der Waals surface area contributed by atoms with Gasteiger partial charge in [-0.3, -0.25) is 14.9 Å². The highest BCUT2D eigenvalue weighted by molar-refractivity contribution is 8.18. The van der Waals surface area contributed by atoms with E-state index >= 15 is 0 Å². The van der Waals surface area contributed by atoms with Crippen LogP contribution in [0.15, 0.2) is 53.4 Å². The predicted molar refractivity (Wildman–Crippen MR) is 95.5 cm³/mol. The lowest BCUT2D eigenvalue weighted by atomic mass is 9.99. The second-order valence-electron chi connectivity index (χ2n) is 5.10. The first-order valence-corrected chi connectivity index (χ1v) is 9.13. The van der Waals surface area contributed by atoms with E-state index in [0.717, 1.165) is 34.0 Å². The van der Waals surface area contributed by atoms with E-state index in [4.69, 9.17) is 4.55 Å². The van der Waals surface area contributed by atoms with Crippen molar-refractivity contribution < 1.29 is 18.4 Å². The Hall–Kier alpha value is -2.22. The maximum absolute atomic E-state index is 11.6. The van der Waals surface area contributed by atoms with Crippen molar-refractivity contribution in [3.05, 3.63) is 64.6 Å². The highest BCUT2D eigenvalue weighted by Crippen LogP contribution is 2.29. The zero-order valence-corrected chi connectivity index (χ0v) is 14.0. The Kier molecular flexibility index (Phi) is 4.94. The number of benzene rings is 2. The lowest BCUT2D eigenvalue weighted by Gasteiger charge is -2.09. The SMILES string of the molecule is O=C1NC(=O)/C(=C/c2cccc(-c3ccccc3CS(=O)O)c2)S1. The summed E-state index contributed by atoms with van der Waals surface area (Å²) < 4.78 is 20.3. The monoisotopic (exact) mass is 359 g/mol. The van der Waals surface area contributed by atoms with Crippen LogP contribution in [0.25, 0.3) is 17.2 Å². The van der Waals surface area contributed by atoms with E-state index in [0.29, 0.717) is 4.91 Å². The summed E-state index contributed by atoms with van der Waals surface area (Å²) in [4.78, 5) is 23.2.